The molecule has 8 heteroatoms. The number of benzene rings is 2. The molecule has 130 valence electrons. The summed E-state index contributed by atoms with van der Waals surface area (Å²) in [5.74, 6) is -0.369. The molecule has 0 radical (unpaired) electrons. The molecule has 7 nitrogen and oxygen atoms in total. The molecule has 0 aromatic heterocycles. The number of nitrogens with one attached hydrogen (secondary N) is 1. The van der Waals surface area contributed by atoms with E-state index in [4.69, 9.17) is 4.74 Å². The van der Waals surface area contributed by atoms with Crippen LogP contribution in [0.25, 0.3) is 0 Å². The van der Waals surface area contributed by atoms with Crippen LogP contribution < -0.4 is 10.2 Å². The van der Waals surface area contributed by atoms with E-state index < -0.39 is 4.92 Å². The minimum Gasteiger partial charge on any atom is -0.378 e. The molecular formula is C17H16IN3O4. The van der Waals surface area contributed by atoms with Crippen LogP contribution in [0.15, 0.2) is 42.5 Å². The average Bonchev–Trinajstić information content (AvgIpc) is 2.63. The van der Waals surface area contributed by atoms with Crippen LogP contribution in [0.5, 0.6) is 0 Å². The molecule has 1 saturated heterocycles. The molecule has 3 rings (SSSR count). The number of nitrogens with zero attached hydrogens (tertiary/aromatic N) is 2. The molecule has 1 amide bonds. The molecule has 0 spiro atoms. The maximum absolute atomic E-state index is 12.7. The molecule has 0 bridgehead atoms. The topological polar surface area (TPSA) is 84.7 Å². The maximum atomic E-state index is 12.7. The Morgan fingerprint density at radius 2 is 1.84 bits per heavy atom. The Morgan fingerprint density at radius 1 is 1.16 bits per heavy atom. The van der Waals surface area contributed by atoms with Crippen LogP contribution in [0.4, 0.5) is 17.1 Å². The minimum atomic E-state index is -0.495. The van der Waals surface area contributed by atoms with Gasteiger partial charge in [-0.3, -0.25) is 14.9 Å². The number of amides is 1. The third-order valence-electron chi connectivity index (χ3n) is 3.89. The Kier molecular flexibility index (Phi) is 5.49. The van der Waals surface area contributed by atoms with Crippen LogP contribution in [0.2, 0.25) is 0 Å². The Hall–Kier alpha value is -2.20. The first kappa shape index (κ1) is 17.6. The lowest BCUT2D eigenvalue weighted by atomic mass is 10.1. The number of non-ortho nitro benzene ring substituents is 1. The van der Waals surface area contributed by atoms with Crippen molar-refractivity contribution < 1.29 is 14.5 Å². The molecule has 0 atom stereocenters. The van der Waals surface area contributed by atoms with Crippen molar-refractivity contribution in [2.24, 2.45) is 0 Å². The van der Waals surface area contributed by atoms with Gasteiger partial charge in [0.15, 0.2) is 0 Å². The lowest BCUT2D eigenvalue weighted by molar-refractivity contribution is -0.384. The fraction of sp³-hybridized carbons (Fsp3) is 0.235. The van der Waals surface area contributed by atoms with Crippen molar-refractivity contribution in [2.75, 3.05) is 36.5 Å². The first-order valence-corrected chi connectivity index (χ1v) is 8.80. The van der Waals surface area contributed by atoms with Gasteiger partial charge in [0.25, 0.3) is 11.6 Å². The van der Waals surface area contributed by atoms with Crippen molar-refractivity contribution in [2.45, 2.75) is 0 Å². The smallest absolute Gasteiger partial charge is 0.270 e. The quantitative estimate of drug-likeness (QED) is 0.437. The maximum Gasteiger partial charge on any atom is 0.270 e. The fourth-order valence-corrected chi connectivity index (χ4v) is 2.99. The van der Waals surface area contributed by atoms with E-state index in [1.807, 2.05) is 17.0 Å². The summed E-state index contributed by atoms with van der Waals surface area (Å²) in [6.07, 6.45) is 0. The van der Waals surface area contributed by atoms with E-state index in [1.54, 1.807) is 18.2 Å². The van der Waals surface area contributed by atoms with Crippen molar-refractivity contribution in [3.05, 3.63) is 61.7 Å². The number of carbonyl (C=O) groups is 1. The zero-order valence-corrected chi connectivity index (χ0v) is 15.4. The number of hydrogen-bond acceptors (Lipinski definition) is 5. The van der Waals surface area contributed by atoms with Gasteiger partial charge in [-0.05, 0) is 52.9 Å². The van der Waals surface area contributed by atoms with Gasteiger partial charge in [0.2, 0.25) is 0 Å². The molecule has 0 saturated carbocycles. The van der Waals surface area contributed by atoms with E-state index in [2.05, 4.69) is 27.9 Å². The summed E-state index contributed by atoms with van der Waals surface area (Å²) in [6.45, 7) is 2.41. The number of rotatable bonds is 4. The molecular weight excluding hydrogens is 437 g/mol. The summed E-state index contributed by atoms with van der Waals surface area (Å²) in [4.78, 5) is 25.4. The Bertz CT molecular complexity index is 789. The molecule has 1 aliphatic heterocycles. The van der Waals surface area contributed by atoms with E-state index in [0.29, 0.717) is 37.7 Å². The molecule has 25 heavy (non-hydrogen) atoms. The lowest BCUT2D eigenvalue weighted by Gasteiger charge is -2.30. The highest BCUT2D eigenvalue weighted by Crippen LogP contribution is 2.27. The predicted molar refractivity (Wildman–Crippen MR) is 103 cm³/mol. The number of ether oxygens (including phenoxy) is 1. The lowest BCUT2D eigenvalue weighted by Crippen LogP contribution is -2.37. The molecule has 1 aliphatic rings. The number of morpholine rings is 1. The van der Waals surface area contributed by atoms with Crippen molar-refractivity contribution in [3.8, 4) is 0 Å². The summed E-state index contributed by atoms with van der Waals surface area (Å²) in [5.41, 5.74) is 1.50. The van der Waals surface area contributed by atoms with Crippen LogP contribution >= 0.6 is 22.6 Å². The van der Waals surface area contributed by atoms with E-state index in [-0.39, 0.29) is 17.2 Å². The standard InChI is InChI=1S/C17H16IN3O4/c18-12-1-3-13(4-2-12)19-17(22)15-11-14(21(23)24)5-6-16(15)20-7-9-25-10-8-20/h1-6,11H,7-10H2,(H,19,22). The molecule has 1 heterocycles. The fourth-order valence-electron chi connectivity index (χ4n) is 2.63. The number of halogens is 1. The first-order chi connectivity index (χ1) is 12.0. The van der Waals surface area contributed by atoms with Gasteiger partial charge in [0.1, 0.15) is 0 Å². The van der Waals surface area contributed by atoms with E-state index in [9.17, 15) is 14.9 Å². The van der Waals surface area contributed by atoms with E-state index >= 15 is 0 Å². The predicted octanol–water partition coefficient (Wildman–Crippen LogP) is 3.29. The van der Waals surface area contributed by atoms with Gasteiger partial charge in [0, 0.05) is 34.5 Å². The van der Waals surface area contributed by atoms with Crippen molar-refractivity contribution in [1.82, 2.24) is 0 Å². The van der Waals surface area contributed by atoms with Crippen LogP contribution in [0.1, 0.15) is 10.4 Å². The number of nitro benzene ring substituents is 1. The van der Waals surface area contributed by atoms with Gasteiger partial charge >= 0.3 is 0 Å². The number of anilines is 2. The van der Waals surface area contributed by atoms with Crippen LogP contribution in [0.3, 0.4) is 0 Å². The Balaban J connectivity index is 1.92. The Labute approximate surface area is 158 Å². The second-order valence-electron chi connectivity index (χ2n) is 5.52. The summed E-state index contributed by atoms with van der Waals surface area (Å²) in [7, 11) is 0. The zero-order chi connectivity index (χ0) is 17.8. The van der Waals surface area contributed by atoms with Gasteiger partial charge < -0.3 is 15.0 Å². The monoisotopic (exact) mass is 453 g/mol. The summed E-state index contributed by atoms with van der Waals surface area (Å²) < 4.78 is 6.39. The highest BCUT2D eigenvalue weighted by Gasteiger charge is 2.22. The Morgan fingerprint density at radius 3 is 2.48 bits per heavy atom. The number of carbonyl (C=O) groups excluding carboxylic acids is 1. The van der Waals surface area contributed by atoms with E-state index in [0.717, 1.165) is 3.57 Å². The highest BCUT2D eigenvalue weighted by atomic mass is 127. The van der Waals surface area contributed by atoms with Crippen LogP contribution in [0, 0.1) is 13.7 Å². The molecule has 0 aliphatic carbocycles. The molecule has 2 aromatic carbocycles. The second-order valence-corrected chi connectivity index (χ2v) is 6.76. The minimum absolute atomic E-state index is 0.107. The third-order valence-corrected chi connectivity index (χ3v) is 4.61. The summed E-state index contributed by atoms with van der Waals surface area (Å²) >= 11 is 2.18. The first-order valence-electron chi connectivity index (χ1n) is 7.72. The van der Waals surface area contributed by atoms with E-state index in [1.165, 1.54) is 12.1 Å². The average molecular weight is 453 g/mol. The normalized spacial score (nSPS) is 14.2. The van der Waals surface area contributed by atoms with Crippen molar-refractivity contribution >= 4 is 45.6 Å². The number of hydrogen-bond donors (Lipinski definition) is 1. The van der Waals surface area contributed by atoms with Gasteiger partial charge in [-0.1, -0.05) is 0 Å². The van der Waals surface area contributed by atoms with Crippen molar-refractivity contribution in [1.29, 1.82) is 0 Å². The molecule has 1 fully saturated rings. The van der Waals surface area contributed by atoms with Gasteiger partial charge in [-0.25, -0.2) is 0 Å². The summed E-state index contributed by atoms with van der Waals surface area (Å²) in [6, 6.07) is 11.7. The second kappa shape index (κ2) is 7.79. The molecule has 2 aromatic rings. The van der Waals surface area contributed by atoms with Crippen molar-refractivity contribution in [3.63, 3.8) is 0 Å². The van der Waals surface area contributed by atoms with Gasteiger partial charge in [0.05, 0.1) is 29.4 Å². The van der Waals surface area contributed by atoms with Gasteiger partial charge in [-0.15, -0.1) is 0 Å². The summed E-state index contributed by atoms with van der Waals surface area (Å²) in [5, 5.41) is 13.9. The number of nitro groups is 1. The highest BCUT2D eigenvalue weighted by molar-refractivity contribution is 14.1. The SMILES string of the molecule is O=C(Nc1ccc(I)cc1)c1cc([N+](=O)[O-])ccc1N1CCOCC1. The van der Waals surface area contributed by atoms with Gasteiger partial charge in [-0.2, -0.15) is 0 Å². The zero-order valence-electron chi connectivity index (χ0n) is 13.3. The van der Waals surface area contributed by atoms with Crippen LogP contribution in [-0.2, 0) is 4.74 Å². The largest absolute Gasteiger partial charge is 0.378 e. The molecule has 1 N–H and O–H groups in total. The third kappa shape index (κ3) is 4.26. The molecule has 0 unspecified atom stereocenters. The van der Waals surface area contributed by atoms with Crippen LogP contribution in [-0.4, -0.2) is 37.1 Å².